The summed E-state index contributed by atoms with van der Waals surface area (Å²) in [6.07, 6.45) is 4.92. The minimum absolute atomic E-state index is 0.217. The number of halogens is 1. The van der Waals surface area contributed by atoms with Crippen LogP contribution in [0.3, 0.4) is 0 Å². The number of carbonyl (C=O) groups excluding carboxylic acids is 1. The third-order valence-corrected chi connectivity index (χ3v) is 3.79. The van der Waals surface area contributed by atoms with Crippen LogP contribution in [0.1, 0.15) is 16.1 Å². The standard InChI is InChI=1S/C18H15ClN4O2/c1-11-5-6-20-10-14(11)12-7-15(22-17(8-12)25-2)18(24)23-16-4-3-13(19)9-21-16/h3-10H,1-2H3,(H,21,23,24). The highest BCUT2D eigenvalue weighted by atomic mass is 35.5. The minimum atomic E-state index is -0.392. The molecule has 25 heavy (non-hydrogen) atoms. The third kappa shape index (κ3) is 3.92. The summed E-state index contributed by atoms with van der Waals surface area (Å²) >= 11 is 5.80. The molecule has 0 unspecified atom stereocenters. The molecule has 3 aromatic rings. The van der Waals surface area contributed by atoms with E-state index >= 15 is 0 Å². The molecule has 0 bridgehead atoms. The largest absolute Gasteiger partial charge is 0.481 e. The van der Waals surface area contributed by atoms with Gasteiger partial charge in [0, 0.05) is 30.2 Å². The van der Waals surface area contributed by atoms with Crippen LogP contribution < -0.4 is 10.1 Å². The quantitative estimate of drug-likeness (QED) is 0.771. The summed E-state index contributed by atoms with van der Waals surface area (Å²) in [5, 5.41) is 3.18. The van der Waals surface area contributed by atoms with Crippen LogP contribution in [0, 0.1) is 6.92 Å². The lowest BCUT2D eigenvalue weighted by molar-refractivity contribution is 0.102. The zero-order valence-electron chi connectivity index (χ0n) is 13.7. The Balaban J connectivity index is 1.95. The molecule has 126 valence electrons. The molecule has 7 heteroatoms. The SMILES string of the molecule is COc1cc(-c2cnccc2C)cc(C(=O)Nc2ccc(Cl)cn2)n1. The number of aryl methyl sites for hydroxylation is 1. The van der Waals surface area contributed by atoms with Gasteiger partial charge in [-0.05, 0) is 42.3 Å². The molecule has 0 saturated heterocycles. The molecule has 1 N–H and O–H groups in total. The van der Waals surface area contributed by atoms with Crippen molar-refractivity contribution in [1.82, 2.24) is 15.0 Å². The van der Waals surface area contributed by atoms with E-state index in [9.17, 15) is 4.79 Å². The van der Waals surface area contributed by atoms with E-state index in [4.69, 9.17) is 16.3 Å². The molecule has 0 atom stereocenters. The topological polar surface area (TPSA) is 77.0 Å². The van der Waals surface area contributed by atoms with Gasteiger partial charge in [0.15, 0.2) is 0 Å². The minimum Gasteiger partial charge on any atom is -0.481 e. The Hall–Kier alpha value is -2.99. The summed E-state index contributed by atoms with van der Waals surface area (Å²) in [4.78, 5) is 24.9. The molecule has 3 rings (SSSR count). The van der Waals surface area contributed by atoms with Gasteiger partial charge in [-0.15, -0.1) is 0 Å². The summed E-state index contributed by atoms with van der Waals surface area (Å²) in [6, 6.07) is 8.62. The van der Waals surface area contributed by atoms with Gasteiger partial charge >= 0.3 is 0 Å². The van der Waals surface area contributed by atoms with Gasteiger partial charge in [-0.25, -0.2) is 9.97 Å². The molecule has 0 aliphatic carbocycles. The van der Waals surface area contributed by atoms with Crippen molar-refractivity contribution in [1.29, 1.82) is 0 Å². The van der Waals surface area contributed by atoms with Gasteiger partial charge in [-0.3, -0.25) is 9.78 Å². The summed E-state index contributed by atoms with van der Waals surface area (Å²) in [5.41, 5.74) is 2.96. The molecule has 3 heterocycles. The van der Waals surface area contributed by atoms with Gasteiger partial charge in [-0.1, -0.05) is 11.6 Å². The van der Waals surface area contributed by atoms with Crippen molar-refractivity contribution in [2.45, 2.75) is 6.92 Å². The average Bonchev–Trinajstić information content (AvgIpc) is 2.63. The van der Waals surface area contributed by atoms with Gasteiger partial charge < -0.3 is 10.1 Å². The number of aromatic nitrogens is 3. The molecular weight excluding hydrogens is 340 g/mol. The fourth-order valence-electron chi connectivity index (χ4n) is 2.28. The van der Waals surface area contributed by atoms with Crippen LogP contribution in [0.25, 0.3) is 11.1 Å². The molecule has 6 nitrogen and oxygen atoms in total. The van der Waals surface area contributed by atoms with Gasteiger partial charge in [0.25, 0.3) is 5.91 Å². The average molecular weight is 355 g/mol. The fraction of sp³-hybridized carbons (Fsp3) is 0.111. The van der Waals surface area contributed by atoms with Gasteiger partial charge in [0.1, 0.15) is 11.5 Å². The summed E-state index contributed by atoms with van der Waals surface area (Å²) < 4.78 is 5.23. The number of carbonyl (C=O) groups is 1. The maximum Gasteiger partial charge on any atom is 0.275 e. The number of ether oxygens (including phenoxy) is 1. The number of rotatable bonds is 4. The first-order chi connectivity index (χ1) is 12.1. The molecule has 3 aromatic heterocycles. The van der Waals surface area contributed by atoms with Crippen molar-refractivity contribution < 1.29 is 9.53 Å². The number of pyridine rings is 3. The monoisotopic (exact) mass is 354 g/mol. The molecule has 0 spiro atoms. The van der Waals surface area contributed by atoms with Crippen molar-refractivity contribution in [3.8, 4) is 17.0 Å². The van der Waals surface area contributed by atoms with Crippen molar-refractivity contribution >= 4 is 23.3 Å². The number of nitrogens with one attached hydrogen (secondary N) is 1. The summed E-state index contributed by atoms with van der Waals surface area (Å²) in [6.45, 7) is 1.97. The number of nitrogens with zero attached hydrogens (tertiary/aromatic N) is 3. The molecular formula is C18H15ClN4O2. The number of anilines is 1. The second-order valence-corrected chi connectivity index (χ2v) is 5.73. The number of amides is 1. The lowest BCUT2D eigenvalue weighted by Gasteiger charge is -2.10. The van der Waals surface area contributed by atoms with Crippen LogP contribution in [0.5, 0.6) is 5.88 Å². The summed E-state index contributed by atoms with van der Waals surface area (Å²) in [5.74, 6) is 0.338. The Morgan fingerprint density at radius 2 is 2.04 bits per heavy atom. The van der Waals surface area contributed by atoms with Crippen LogP contribution in [0.4, 0.5) is 5.82 Å². The number of hydrogen-bond acceptors (Lipinski definition) is 5. The Morgan fingerprint density at radius 3 is 2.72 bits per heavy atom. The first-order valence-corrected chi connectivity index (χ1v) is 7.84. The van der Waals surface area contributed by atoms with Crippen LogP contribution in [0.15, 0.2) is 48.9 Å². The first-order valence-electron chi connectivity index (χ1n) is 7.47. The van der Waals surface area contributed by atoms with Crippen LogP contribution in [-0.2, 0) is 0 Å². The maximum atomic E-state index is 12.5. The fourth-order valence-corrected chi connectivity index (χ4v) is 2.39. The van der Waals surface area contributed by atoms with Gasteiger partial charge in [0.05, 0.1) is 12.1 Å². The normalized spacial score (nSPS) is 10.4. The zero-order valence-corrected chi connectivity index (χ0v) is 14.4. The molecule has 0 radical (unpaired) electrons. The molecule has 0 saturated carbocycles. The van der Waals surface area contributed by atoms with Crippen LogP contribution >= 0.6 is 11.6 Å². The Labute approximate surface area is 149 Å². The van der Waals surface area contributed by atoms with E-state index in [0.717, 1.165) is 16.7 Å². The number of hydrogen-bond donors (Lipinski definition) is 1. The van der Waals surface area contributed by atoms with Crippen LogP contribution in [0.2, 0.25) is 5.02 Å². The van der Waals surface area contributed by atoms with Crippen LogP contribution in [-0.4, -0.2) is 28.0 Å². The van der Waals surface area contributed by atoms with E-state index in [2.05, 4.69) is 20.3 Å². The molecule has 1 amide bonds. The van der Waals surface area contributed by atoms with Crippen molar-refractivity contribution in [3.63, 3.8) is 0 Å². The highest BCUT2D eigenvalue weighted by Crippen LogP contribution is 2.26. The molecule has 0 aliphatic heterocycles. The van der Waals surface area contributed by atoms with E-state index in [1.165, 1.54) is 13.3 Å². The molecule has 0 aromatic carbocycles. The van der Waals surface area contributed by atoms with E-state index in [1.807, 2.05) is 13.0 Å². The second-order valence-electron chi connectivity index (χ2n) is 5.29. The predicted molar refractivity (Wildman–Crippen MR) is 96.0 cm³/mol. The second kappa shape index (κ2) is 7.27. The molecule has 0 aliphatic rings. The van der Waals surface area contributed by atoms with Gasteiger partial charge in [-0.2, -0.15) is 0 Å². The van der Waals surface area contributed by atoms with E-state index in [-0.39, 0.29) is 5.69 Å². The summed E-state index contributed by atoms with van der Waals surface area (Å²) in [7, 11) is 1.50. The van der Waals surface area contributed by atoms with Gasteiger partial charge in [0.2, 0.25) is 5.88 Å². The Kier molecular flexibility index (Phi) is 4.90. The van der Waals surface area contributed by atoms with E-state index in [0.29, 0.717) is 16.7 Å². The smallest absolute Gasteiger partial charge is 0.275 e. The molecule has 0 fully saturated rings. The van der Waals surface area contributed by atoms with Crippen molar-refractivity contribution in [2.75, 3.05) is 12.4 Å². The lowest BCUT2D eigenvalue weighted by atomic mass is 10.0. The maximum absolute atomic E-state index is 12.5. The Morgan fingerprint density at radius 1 is 1.20 bits per heavy atom. The highest BCUT2D eigenvalue weighted by Gasteiger charge is 2.14. The van der Waals surface area contributed by atoms with Crippen molar-refractivity contribution in [2.24, 2.45) is 0 Å². The third-order valence-electron chi connectivity index (χ3n) is 3.56. The highest BCUT2D eigenvalue weighted by molar-refractivity contribution is 6.30. The predicted octanol–water partition coefficient (Wildman–Crippen LogP) is 3.76. The Bertz CT molecular complexity index is 913. The van der Waals surface area contributed by atoms with E-state index < -0.39 is 5.91 Å². The van der Waals surface area contributed by atoms with Crippen molar-refractivity contribution in [3.05, 3.63) is 65.2 Å². The number of methoxy groups -OCH3 is 1. The first kappa shape index (κ1) is 16.9. The lowest BCUT2D eigenvalue weighted by Crippen LogP contribution is -2.15. The zero-order chi connectivity index (χ0) is 17.8. The van der Waals surface area contributed by atoms with E-state index in [1.54, 1.807) is 36.7 Å².